The van der Waals surface area contributed by atoms with Crippen molar-refractivity contribution in [3.8, 4) is 0 Å². The van der Waals surface area contributed by atoms with Crippen LogP contribution in [0.2, 0.25) is 0 Å². The smallest absolute Gasteiger partial charge is 0.262 e. The summed E-state index contributed by atoms with van der Waals surface area (Å²) in [5.74, 6) is -0.123. The highest BCUT2D eigenvalue weighted by Crippen LogP contribution is 2.46. The molecule has 0 radical (unpaired) electrons. The Morgan fingerprint density at radius 2 is 1.70 bits per heavy atom. The highest BCUT2D eigenvalue weighted by molar-refractivity contribution is 6.23. The molecule has 4 heterocycles. The van der Waals surface area contributed by atoms with E-state index in [-0.39, 0.29) is 18.7 Å². The normalized spacial score (nSPS) is 27.5. The van der Waals surface area contributed by atoms with E-state index in [2.05, 4.69) is 33.5 Å². The molecule has 7 rings (SSSR count). The first-order valence-electron chi connectivity index (χ1n) is 14.7. The van der Waals surface area contributed by atoms with Gasteiger partial charge in [0.05, 0.1) is 22.9 Å². The zero-order valence-electron chi connectivity index (χ0n) is 22.9. The van der Waals surface area contributed by atoms with Gasteiger partial charge >= 0.3 is 0 Å². The summed E-state index contributed by atoms with van der Waals surface area (Å²) in [7, 11) is 2.21. The largest absolute Gasteiger partial charge is 0.385 e. The van der Waals surface area contributed by atoms with E-state index < -0.39 is 23.8 Å². The first-order valence-corrected chi connectivity index (χ1v) is 14.7. The Morgan fingerprint density at radius 1 is 0.950 bits per heavy atom. The molecule has 2 aromatic rings. The van der Waals surface area contributed by atoms with E-state index in [0.717, 1.165) is 43.1 Å². The average Bonchev–Trinajstić information content (AvgIpc) is 3.63. The third-order valence-corrected chi connectivity index (χ3v) is 9.53. The summed E-state index contributed by atoms with van der Waals surface area (Å²) >= 11 is 0. The maximum atomic E-state index is 13.1. The Kier molecular flexibility index (Phi) is 6.25. The number of anilines is 1. The molecular formula is C30H36N6O4. The maximum absolute atomic E-state index is 13.1. The van der Waals surface area contributed by atoms with Crippen molar-refractivity contribution in [3.05, 3.63) is 46.8 Å². The van der Waals surface area contributed by atoms with Crippen molar-refractivity contribution in [2.24, 2.45) is 5.92 Å². The second kappa shape index (κ2) is 9.83. The molecule has 4 amide bonds. The minimum atomic E-state index is -0.948. The number of amides is 4. The van der Waals surface area contributed by atoms with Gasteiger partial charge in [-0.1, -0.05) is 0 Å². The Hall–Kier alpha value is -3.53. The SMILES string of the molecule is CN1CCC(c2cn(C3CC(CNc4ccc5c(c4)C(=O)N(C4CCC(=O)NC4=O)C5=O)C3)nc2C2CC2)CC1. The number of aromatic nitrogens is 2. The topological polar surface area (TPSA) is 117 Å². The molecule has 10 heteroatoms. The fourth-order valence-corrected chi connectivity index (χ4v) is 6.84. The third kappa shape index (κ3) is 4.52. The van der Waals surface area contributed by atoms with E-state index in [1.807, 2.05) is 6.07 Å². The van der Waals surface area contributed by atoms with Gasteiger partial charge in [0.1, 0.15) is 6.04 Å². The van der Waals surface area contributed by atoms with E-state index >= 15 is 0 Å². The van der Waals surface area contributed by atoms with Gasteiger partial charge in [0.15, 0.2) is 0 Å². The van der Waals surface area contributed by atoms with Crippen LogP contribution in [-0.2, 0) is 9.59 Å². The fraction of sp³-hybridized carbons (Fsp3) is 0.567. The number of benzene rings is 1. The predicted octanol–water partition coefficient (Wildman–Crippen LogP) is 3.03. The number of rotatable bonds is 7. The highest BCUT2D eigenvalue weighted by Gasteiger charge is 2.44. The molecule has 1 unspecified atom stereocenters. The molecule has 1 atom stereocenters. The first kappa shape index (κ1) is 25.4. The van der Waals surface area contributed by atoms with Crippen molar-refractivity contribution in [1.82, 2.24) is 24.9 Å². The molecule has 4 fully saturated rings. The van der Waals surface area contributed by atoms with E-state index in [9.17, 15) is 19.2 Å². The van der Waals surface area contributed by atoms with Gasteiger partial charge < -0.3 is 10.2 Å². The predicted molar refractivity (Wildman–Crippen MR) is 147 cm³/mol. The van der Waals surface area contributed by atoms with Gasteiger partial charge in [-0.25, -0.2) is 0 Å². The van der Waals surface area contributed by atoms with Gasteiger partial charge in [-0.2, -0.15) is 5.10 Å². The monoisotopic (exact) mass is 544 g/mol. The molecule has 2 saturated carbocycles. The summed E-state index contributed by atoms with van der Waals surface area (Å²) in [5.41, 5.74) is 4.25. The van der Waals surface area contributed by atoms with Crippen molar-refractivity contribution in [2.45, 2.75) is 75.3 Å². The molecule has 0 bridgehead atoms. The van der Waals surface area contributed by atoms with Crippen LogP contribution in [0.25, 0.3) is 0 Å². The first-order chi connectivity index (χ1) is 19.4. The molecule has 2 saturated heterocycles. The summed E-state index contributed by atoms with van der Waals surface area (Å²) in [4.78, 5) is 53.3. The lowest BCUT2D eigenvalue weighted by atomic mass is 9.80. The van der Waals surface area contributed by atoms with Gasteiger partial charge in [0.2, 0.25) is 11.8 Å². The number of hydrogen-bond donors (Lipinski definition) is 2. The third-order valence-electron chi connectivity index (χ3n) is 9.53. The van der Waals surface area contributed by atoms with Gasteiger partial charge in [-0.15, -0.1) is 0 Å². The van der Waals surface area contributed by atoms with Crippen LogP contribution in [0.1, 0.15) is 101 Å². The van der Waals surface area contributed by atoms with Crippen molar-refractivity contribution >= 4 is 29.3 Å². The lowest BCUT2D eigenvalue weighted by Gasteiger charge is -2.36. The zero-order valence-corrected chi connectivity index (χ0v) is 22.9. The van der Waals surface area contributed by atoms with Gasteiger partial charge in [0.25, 0.3) is 11.8 Å². The van der Waals surface area contributed by atoms with Crippen LogP contribution < -0.4 is 10.6 Å². The number of nitrogens with one attached hydrogen (secondary N) is 2. The quantitative estimate of drug-likeness (QED) is 0.515. The van der Waals surface area contributed by atoms with Crippen LogP contribution >= 0.6 is 0 Å². The van der Waals surface area contributed by atoms with E-state index in [4.69, 9.17) is 5.10 Å². The Bertz CT molecular complexity index is 1380. The summed E-state index contributed by atoms with van der Waals surface area (Å²) < 4.78 is 2.25. The molecule has 1 aromatic carbocycles. The summed E-state index contributed by atoms with van der Waals surface area (Å²) in [6.07, 6.45) is 9.74. The standard InChI is InChI=1S/C30H36N6O4/c1-34-10-8-18(9-11-34)24-16-35(33-27(24)19-2-3-19)21-12-17(13-21)15-31-20-4-5-22-23(14-20)30(40)36(29(22)39)25-6-7-26(37)32-28(25)38/h4-5,14,16-19,21,25,31H,2-3,6-13,15H2,1H3,(H,32,37,38). The van der Waals surface area contributed by atoms with Crippen LogP contribution in [0.5, 0.6) is 0 Å². The lowest BCUT2D eigenvalue weighted by molar-refractivity contribution is -0.136. The Balaban J connectivity index is 0.965. The van der Waals surface area contributed by atoms with Gasteiger partial charge in [-0.3, -0.25) is 34.1 Å². The molecule has 5 aliphatic rings. The molecule has 2 N–H and O–H groups in total. The summed E-state index contributed by atoms with van der Waals surface area (Å²) in [5, 5.41) is 10.8. The Morgan fingerprint density at radius 3 is 2.42 bits per heavy atom. The lowest BCUT2D eigenvalue weighted by Crippen LogP contribution is -2.54. The number of imide groups is 2. The molecule has 0 spiro atoms. The number of carbonyl (C=O) groups is 4. The molecule has 2 aliphatic carbocycles. The molecule has 40 heavy (non-hydrogen) atoms. The van der Waals surface area contributed by atoms with Gasteiger partial charge in [0, 0.05) is 30.8 Å². The Labute approximate surface area is 233 Å². The van der Waals surface area contributed by atoms with Gasteiger partial charge in [-0.05, 0) is 101 Å². The zero-order chi connectivity index (χ0) is 27.5. The molecule has 210 valence electrons. The van der Waals surface area contributed by atoms with Crippen LogP contribution in [-0.4, -0.2) is 75.9 Å². The number of fused-ring (bicyclic) bond motifs is 1. The van der Waals surface area contributed by atoms with Crippen LogP contribution in [0, 0.1) is 5.92 Å². The molecule has 1 aromatic heterocycles. The summed E-state index contributed by atoms with van der Waals surface area (Å²) in [6, 6.07) is 4.67. The van der Waals surface area contributed by atoms with Crippen molar-refractivity contribution < 1.29 is 19.2 Å². The molecular weight excluding hydrogens is 508 g/mol. The van der Waals surface area contributed by atoms with E-state index in [0.29, 0.717) is 34.9 Å². The van der Waals surface area contributed by atoms with Crippen LogP contribution in [0.15, 0.2) is 24.4 Å². The number of hydrogen-bond acceptors (Lipinski definition) is 7. The number of carbonyl (C=O) groups excluding carboxylic acids is 4. The molecule has 3 aliphatic heterocycles. The summed E-state index contributed by atoms with van der Waals surface area (Å²) in [6.45, 7) is 3.11. The highest BCUT2D eigenvalue weighted by atomic mass is 16.2. The van der Waals surface area contributed by atoms with Crippen molar-refractivity contribution in [2.75, 3.05) is 32.0 Å². The van der Waals surface area contributed by atoms with E-state index in [1.54, 1.807) is 12.1 Å². The van der Waals surface area contributed by atoms with Crippen molar-refractivity contribution in [1.29, 1.82) is 0 Å². The number of nitrogens with zero attached hydrogens (tertiary/aromatic N) is 4. The van der Waals surface area contributed by atoms with Crippen LogP contribution in [0.3, 0.4) is 0 Å². The second-order valence-corrected chi connectivity index (χ2v) is 12.4. The maximum Gasteiger partial charge on any atom is 0.262 e. The fourth-order valence-electron chi connectivity index (χ4n) is 6.84. The minimum absolute atomic E-state index is 0.110. The van der Waals surface area contributed by atoms with Crippen molar-refractivity contribution in [3.63, 3.8) is 0 Å². The number of likely N-dealkylation sites (tertiary alicyclic amines) is 1. The molecule has 10 nitrogen and oxygen atoms in total. The second-order valence-electron chi connectivity index (χ2n) is 12.4. The number of piperidine rings is 2. The van der Waals surface area contributed by atoms with E-state index in [1.165, 1.54) is 36.9 Å². The average molecular weight is 545 g/mol. The van der Waals surface area contributed by atoms with Crippen LogP contribution in [0.4, 0.5) is 5.69 Å². The minimum Gasteiger partial charge on any atom is -0.385 e.